The molecule has 9 heteroatoms. The molecule has 0 fully saturated rings. The number of hydrogen-bond donors (Lipinski definition) is 1. The predicted molar refractivity (Wildman–Crippen MR) is 94.2 cm³/mol. The summed E-state index contributed by atoms with van der Waals surface area (Å²) >= 11 is 0. The van der Waals surface area contributed by atoms with Crippen molar-refractivity contribution >= 4 is 11.0 Å². The van der Waals surface area contributed by atoms with Crippen LogP contribution >= 0.6 is 0 Å². The maximum atomic E-state index is 12.9. The molecule has 1 N–H and O–H groups in total. The van der Waals surface area contributed by atoms with E-state index in [1.807, 2.05) is 0 Å². The van der Waals surface area contributed by atoms with Crippen LogP contribution in [0.15, 0.2) is 39.5 Å². The van der Waals surface area contributed by atoms with Gasteiger partial charge in [-0.2, -0.15) is 13.2 Å². The van der Waals surface area contributed by atoms with E-state index in [0.717, 1.165) is 12.1 Å². The fourth-order valence-electron chi connectivity index (χ4n) is 2.75. The van der Waals surface area contributed by atoms with Crippen LogP contribution in [0, 0.1) is 0 Å². The zero-order valence-electron chi connectivity index (χ0n) is 15.0. The summed E-state index contributed by atoms with van der Waals surface area (Å²) in [6.45, 7) is 0. The number of halogens is 3. The molecule has 0 saturated heterocycles. The standard InChI is InChI=1S/C19H15F3O6/c1-25-13-8-15(27-3)14(26-2)7-11(13)18-17(24)16(23)10-6-9(19(20,21)22)4-5-12(10)28-18/h4-8,24H,1-3H3. The van der Waals surface area contributed by atoms with Gasteiger partial charge in [0.05, 0.1) is 37.8 Å². The molecule has 3 rings (SSSR count). The van der Waals surface area contributed by atoms with Gasteiger partial charge >= 0.3 is 6.18 Å². The summed E-state index contributed by atoms with van der Waals surface area (Å²) in [4.78, 5) is 12.5. The molecule has 2 aromatic carbocycles. The Morgan fingerprint density at radius 1 is 0.929 bits per heavy atom. The minimum absolute atomic E-state index is 0.123. The Hall–Kier alpha value is -3.36. The normalized spacial score (nSPS) is 11.5. The van der Waals surface area contributed by atoms with E-state index in [4.69, 9.17) is 18.6 Å². The van der Waals surface area contributed by atoms with Crippen LogP contribution in [-0.4, -0.2) is 26.4 Å². The molecule has 0 spiro atoms. The van der Waals surface area contributed by atoms with E-state index in [1.54, 1.807) is 0 Å². The molecule has 1 aromatic heterocycles. The van der Waals surface area contributed by atoms with E-state index < -0.39 is 28.3 Å². The van der Waals surface area contributed by atoms with Gasteiger partial charge < -0.3 is 23.7 Å². The Morgan fingerprint density at radius 3 is 2.11 bits per heavy atom. The van der Waals surface area contributed by atoms with Crippen molar-refractivity contribution in [3.05, 3.63) is 46.1 Å². The summed E-state index contributed by atoms with van der Waals surface area (Å²) in [5.41, 5.74) is -1.98. The SMILES string of the molecule is COc1cc(OC)c(-c2oc3ccc(C(F)(F)F)cc3c(=O)c2O)cc1OC. The molecule has 1 heterocycles. The Labute approximate surface area is 156 Å². The van der Waals surface area contributed by atoms with Crippen molar-refractivity contribution in [2.75, 3.05) is 21.3 Å². The number of alkyl halides is 3. The number of methoxy groups -OCH3 is 3. The highest BCUT2D eigenvalue weighted by Gasteiger charge is 2.31. The molecule has 0 aliphatic heterocycles. The second-order valence-corrected chi connectivity index (χ2v) is 5.73. The minimum atomic E-state index is -4.64. The molecule has 0 amide bonds. The molecule has 0 saturated carbocycles. The lowest BCUT2D eigenvalue weighted by Gasteiger charge is -2.15. The molecular formula is C19H15F3O6. The monoisotopic (exact) mass is 396 g/mol. The summed E-state index contributed by atoms with van der Waals surface area (Å²) in [6.07, 6.45) is -4.64. The summed E-state index contributed by atoms with van der Waals surface area (Å²) in [6, 6.07) is 5.33. The van der Waals surface area contributed by atoms with Crippen LogP contribution in [0.4, 0.5) is 13.2 Å². The molecule has 0 bridgehead atoms. The van der Waals surface area contributed by atoms with Gasteiger partial charge in [0.15, 0.2) is 17.3 Å². The number of hydrogen-bond acceptors (Lipinski definition) is 6. The van der Waals surface area contributed by atoms with Crippen molar-refractivity contribution in [3.8, 4) is 34.3 Å². The average molecular weight is 396 g/mol. The third-order valence-corrected chi connectivity index (χ3v) is 4.14. The van der Waals surface area contributed by atoms with Gasteiger partial charge in [-0.1, -0.05) is 0 Å². The van der Waals surface area contributed by atoms with Crippen LogP contribution < -0.4 is 19.6 Å². The first-order chi connectivity index (χ1) is 13.2. The quantitative estimate of drug-likeness (QED) is 0.712. The lowest BCUT2D eigenvalue weighted by molar-refractivity contribution is -0.137. The molecule has 0 unspecified atom stereocenters. The highest BCUT2D eigenvalue weighted by molar-refractivity contribution is 5.84. The van der Waals surface area contributed by atoms with Gasteiger partial charge in [-0.15, -0.1) is 0 Å². The van der Waals surface area contributed by atoms with Crippen LogP contribution in [0.5, 0.6) is 23.0 Å². The van der Waals surface area contributed by atoms with Crippen LogP contribution in [0.1, 0.15) is 5.56 Å². The zero-order chi connectivity index (χ0) is 20.6. The van der Waals surface area contributed by atoms with Crippen LogP contribution in [-0.2, 0) is 6.18 Å². The number of aromatic hydroxyl groups is 1. The summed E-state index contributed by atoms with van der Waals surface area (Å²) in [7, 11) is 4.17. The molecule has 148 valence electrons. The van der Waals surface area contributed by atoms with Gasteiger partial charge in [-0.25, -0.2) is 0 Å². The lowest BCUT2D eigenvalue weighted by Crippen LogP contribution is -2.08. The van der Waals surface area contributed by atoms with Crippen molar-refractivity contribution < 1.29 is 36.9 Å². The van der Waals surface area contributed by atoms with Crippen molar-refractivity contribution in [3.63, 3.8) is 0 Å². The second-order valence-electron chi connectivity index (χ2n) is 5.73. The van der Waals surface area contributed by atoms with E-state index in [1.165, 1.54) is 33.5 Å². The summed E-state index contributed by atoms with van der Waals surface area (Å²) in [5.74, 6) is -0.317. The van der Waals surface area contributed by atoms with Crippen molar-refractivity contribution in [2.24, 2.45) is 0 Å². The minimum Gasteiger partial charge on any atom is -0.502 e. The number of ether oxygens (including phenoxy) is 3. The Kier molecular flexibility index (Phi) is 4.84. The van der Waals surface area contributed by atoms with Crippen LogP contribution in [0.3, 0.4) is 0 Å². The summed E-state index contributed by atoms with van der Waals surface area (Å²) < 4.78 is 59.9. The molecule has 0 aliphatic rings. The van der Waals surface area contributed by atoms with Gasteiger partial charge in [0.25, 0.3) is 0 Å². The largest absolute Gasteiger partial charge is 0.502 e. The van der Waals surface area contributed by atoms with Gasteiger partial charge in [-0.05, 0) is 24.3 Å². The fourth-order valence-corrected chi connectivity index (χ4v) is 2.75. The lowest BCUT2D eigenvalue weighted by atomic mass is 10.1. The smallest absolute Gasteiger partial charge is 0.416 e. The topological polar surface area (TPSA) is 78.1 Å². The van der Waals surface area contributed by atoms with Crippen molar-refractivity contribution in [1.82, 2.24) is 0 Å². The molecule has 0 aliphatic carbocycles. The van der Waals surface area contributed by atoms with E-state index in [-0.39, 0.29) is 28.4 Å². The van der Waals surface area contributed by atoms with E-state index in [0.29, 0.717) is 11.8 Å². The van der Waals surface area contributed by atoms with Gasteiger partial charge in [0.1, 0.15) is 11.3 Å². The maximum absolute atomic E-state index is 12.9. The van der Waals surface area contributed by atoms with E-state index in [2.05, 4.69) is 0 Å². The molecule has 6 nitrogen and oxygen atoms in total. The highest BCUT2D eigenvalue weighted by Crippen LogP contribution is 2.43. The Balaban J connectivity index is 2.31. The third kappa shape index (κ3) is 3.19. The van der Waals surface area contributed by atoms with Crippen LogP contribution in [0.2, 0.25) is 0 Å². The third-order valence-electron chi connectivity index (χ3n) is 4.14. The first kappa shape index (κ1) is 19.4. The molecule has 3 aromatic rings. The van der Waals surface area contributed by atoms with E-state index >= 15 is 0 Å². The maximum Gasteiger partial charge on any atom is 0.416 e. The van der Waals surface area contributed by atoms with Crippen molar-refractivity contribution in [2.45, 2.75) is 6.18 Å². The van der Waals surface area contributed by atoms with Crippen LogP contribution in [0.25, 0.3) is 22.3 Å². The fraction of sp³-hybridized carbons (Fsp3) is 0.211. The van der Waals surface area contributed by atoms with E-state index in [9.17, 15) is 23.1 Å². The summed E-state index contributed by atoms with van der Waals surface area (Å²) in [5, 5.41) is 9.94. The Bertz CT molecular complexity index is 1100. The van der Waals surface area contributed by atoms with Gasteiger partial charge in [-0.3, -0.25) is 4.79 Å². The zero-order valence-corrected chi connectivity index (χ0v) is 15.0. The second kappa shape index (κ2) is 6.99. The number of benzene rings is 2. The first-order valence-corrected chi connectivity index (χ1v) is 7.88. The van der Waals surface area contributed by atoms with Crippen molar-refractivity contribution in [1.29, 1.82) is 0 Å². The highest BCUT2D eigenvalue weighted by atomic mass is 19.4. The number of fused-ring (bicyclic) bond motifs is 1. The Morgan fingerprint density at radius 2 is 1.54 bits per heavy atom. The van der Waals surface area contributed by atoms with Gasteiger partial charge in [0, 0.05) is 6.07 Å². The number of rotatable bonds is 4. The molecule has 0 atom stereocenters. The van der Waals surface area contributed by atoms with Gasteiger partial charge in [0.2, 0.25) is 11.2 Å². The average Bonchev–Trinajstić information content (AvgIpc) is 2.68. The molecule has 28 heavy (non-hydrogen) atoms. The molecular weight excluding hydrogens is 381 g/mol. The molecule has 0 radical (unpaired) electrons. The predicted octanol–water partition coefficient (Wildman–Crippen LogP) is 4.21. The first-order valence-electron chi connectivity index (χ1n) is 7.88.